The average Bonchev–Trinajstić information content (AvgIpc) is 2.83. The molecule has 3 aromatic carbocycles. The molecular formula is C29H36ClNO2. The van der Waals surface area contributed by atoms with E-state index in [-0.39, 0.29) is 24.1 Å². The van der Waals surface area contributed by atoms with Crippen LogP contribution in [0.4, 0.5) is 0 Å². The first kappa shape index (κ1) is 26.6. The highest BCUT2D eigenvalue weighted by molar-refractivity contribution is 5.98. The summed E-state index contributed by atoms with van der Waals surface area (Å²) in [5.74, 6) is 1.07. The topological polar surface area (TPSA) is 29.5 Å². The van der Waals surface area contributed by atoms with E-state index in [0.717, 1.165) is 53.2 Å². The second-order valence-electron chi connectivity index (χ2n) is 8.31. The van der Waals surface area contributed by atoms with Crippen LogP contribution in [0.1, 0.15) is 58.8 Å². The Balaban J connectivity index is 0.00000385. The van der Waals surface area contributed by atoms with Gasteiger partial charge in [-0.05, 0) is 61.3 Å². The number of carbonyl (C=O) groups excluding carboxylic acids is 1. The van der Waals surface area contributed by atoms with Crippen LogP contribution in [-0.4, -0.2) is 36.9 Å². The molecule has 0 saturated carbocycles. The van der Waals surface area contributed by atoms with Crippen LogP contribution in [-0.2, 0) is 0 Å². The number of hydrogen-bond donors (Lipinski definition) is 0. The number of aryl methyl sites for hydroxylation is 2. The predicted octanol–water partition coefficient (Wildman–Crippen LogP) is 6.85. The molecule has 0 amide bonds. The third-order valence-electron chi connectivity index (χ3n) is 6.18. The first-order chi connectivity index (χ1) is 15.5. The van der Waals surface area contributed by atoms with Gasteiger partial charge in [-0.15, -0.1) is 12.4 Å². The number of ketones is 1. The summed E-state index contributed by atoms with van der Waals surface area (Å²) in [6.45, 7) is 12.0. The summed E-state index contributed by atoms with van der Waals surface area (Å²) >= 11 is 0. The molecule has 0 fully saturated rings. The molecule has 0 N–H and O–H groups in total. The summed E-state index contributed by atoms with van der Waals surface area (Å²) < 4.78 is 6.05. The van der Waals surface area contributed by atoms with E-state index >= 15 is 0 Å². The third-order valence-corrected chi connectivity index (χ3v) is 6.18. The number of likely N-dealkylation sites (N-methyl/N-ethyl adjacent to an activating group) is 1. The fourth-order valence-electron chi connectivity index (χ4n) is 4.16. The summed E-state index contributed by atoms with van der Waals surface area (Å²) in [6.07, 6.45) is 0.441. The number of halogens is 1. The van der Waals surface area contributed by atoms with Crippen molar-refractivity contribution in [2.45, 2.75) is 40.0 Å². The van der Waals surface area contributed by atoms with Crippen molar-refractivity contribution in [2.24, 2.45) is 0 Å². The molecule has 0 aliphatic heterocycles. The predicted molar refractivity (Wildman–Crippen MR) is 140 cm³/mol. The molecule has 0 spiro atoms. The normalized spacial score (nSPS) is 10.8. The summed E-state index contributed by atoms with van der Waals surface area (Å²) in [5.41, 5.74) is 5.10. The zero-order valence-electron chi connectivity index (χ0n) is 20.2. The van der Waals surface area contributed by atoms with Crippen LogP contribution in [0.2, 0.25) is 0 Å². The molecule has 0 saturated heterocycles. The lowest BCUT2D eigenvalue weighted by Gasteiger charge is -2.20. The Hall–Kier alpha value is -2.62. The van der Waals surface area contributed by atoms with Gasteiger partial charge < -0.3 is 9.64 Å². The summed E-state index contributed by atoms with van der Waals surface area (Å²) in [7, 11) is 0. The maximum atomic E-state index is 13.4. The van der Waals surface area contributed by atoms with Gasteiger partial charge in [-0.3, -0.25) is 4.79 Å². The van der Waals surface area contributed by atoms with Crippen molar-refractivity contribution in [1.82, 2.24) is 4.90 Å². The fraction of sp³-hybridized carbons (Fsp3) is 0.345. The van der Waals surface area contributed by atoms with Crippen LogP contribution < -0.4 is 4.74 Å². The Bertz CT molecular complexity index is 961. The Morgan fingerprint density at radius 2 is 1.39 bits per heavy atom. The minimum Gasteiger partial charge on any atom is -0.492 e. The quantitative estimate of drug-likeness (QED) is 0.290. The van der Waals surface area contributed by atoms with Crippen LogP contribution >= 0.6 is 12.4 Å². The molecule has 3 aromatic rings. The second kappa shape index (κ2) is 13.2. The molecule has 3 nitrogen and oxygen atoms in total. The Kier molecular flexibility index (Phi) is 10.6. The van der Waals surface area contributed by atoms with Gasteiger partial charge in [0.15, 0.2) is 5.78 Å². The number of benzene rings is 3. The van der Waals surface area contributed by atoms with E-state index in [0.29, 0.717) is 13.0 Å². The first-order valence-corrected chi connectivity index (χ1v) is 11.6. The van der Waals surface area contributed by atoms with Gasteiger partial charge in [-0.1, -0.05) is 74.5 Å². The molecule has 176 valence electrons. The number of hydrogen-bond acceptors (Lipinski definition) is 3. The second-order valence-corrected chi connectivity index (χ2v) is 8.31. The van der Waals surface area contributed by atoms with Gasteiger partial charge in [0, 0.05) is 24.4 Å². The highest BCUT2D eigenvalue weighted by atomic mass is 35.5. The SMILES string of the molecule is CCN(CC)CCOc1cc(C)c(C(=O)CC(c2ccccc2)c2ccccc2)cc1C.Cl. The molecule has 0 bridgehead atoms. The molecule has 0 aliphatic carbocycles. The average molecular weight is 466 g/mol. The van der Waals surface area contributed by atoms with Crippen molar-refractivity contribution in [3.63, 3.8) is 0 Å². The molecule has 0 aromatic heterocycles. The van der Waals surface area contributed by atoms with Crippen molar-refractivity contribution in [1.29, 1.82) is 0 Å². The third kappa shape index (κ3) is 7.18. The number of ether oxygens (including phenoxy) is 1. The van der Waals surface area contributed by atoms with Crippen molar-refractivity contribution in [3.8, 4) is 5.75 Å². The molecule has 0 aliphatic rings. The largest absolute Gasteiger partial charge is 0.492 e. The van der Waals surface area contributed by atoms with Gasteiger partial charge in [0.05, 0.1) is 0 Å². The fourth-order valence-corrected chi connectivity index (χ4v) is 4.16. The smallest absolute Gasteiger partial charge is 0.164 e. The Morgan fingerprint density at radius 3 is 1.91 bits per heavy atom. The van der Waals surface area contributed by atoms with Gasteiger partial charge in [0.2, 0.25) is 0 Å². The Morgan fingerprint density at radius 1 is 0.848 bits per heavy atom. The maximum absolute atomic E-state index is 13.4. The highest BCUT2D eigenvalue weighted by Crippen LogP contribution is 2.31. The molecule has 3 rings (SSSR count). The van der Waals surface area contributed by atoms with Crippen molar-refractivity contribution in [2.75, 3.05) is 26.2 Å². The van der Waals surface area contributed by atoms with Gasteiger partial charge in [-0.2, -0.15) is 0 Å². The maximum Gasteiger partial charge on any atom is 0.164 e. The van der Waals surface area contributed by atoms with Crippen molar-refractivity contribution < 1.29 is 9.53 Å². The number of nitrogens with zero attached hydrogens (tertiary/aromatic N) is 1. The summed E-state index contributed by atoms with van der Waals surface area (Å²) in [6, 6.07) is 24.6. The van der Waals surface area contributed by atoms with E-state index in [1.807, 2.05) is 62.4 Å². The Labute approximate surface area is 205 Å². The molecule has 0 heterocycles. The van der Waals surface area contributed by atoms with Gasteiger partial charge in [0.1, 0.15) is 12.4 Å². The van der Waals surface area contributed by atoms with Crippen LogP contribution in [0.15, 0.2) is 72.8 Å². The molecule has 0 unspecified atom stereocenters. The van der Waals surface area contributed by atoms with Gasteiger partial charge in [0.25, 0.3) is 0 Å². The highest BCUT2D eigenvalue weighted by Gasteiger charge is 2.21. The van der Waals surface area contributed by atoms with Crippen LogP contribution in [0, 0.1) is 13.8 Å². The minimum atomic E-state index is 0. The van der Waals surface area contributed by atoms with E-state index < -0.39 is 0 Å². The first-order valence-electron chi connectivity index (χ1n) is 11.6. The zero-order chi connectivity index (χ0) is 22.9. The van der Waals surface area contributed by atoms with Crippen LogP contribution in [0.5, 0.6) is 5.75 Å². The van der Waals surface area contributed by atoms with Gasteiger partial charge in [-0.25, -0.2) is 0 Å². The lowest BCUT2D eigenvalue weighted by atomic mass is 9.85. The molecular weight excluding hydrogens is 430 g/mol. The van der Waals surface area contributed by atoms with E-state index in [2.05, 4.69) is 43.0 Å². The number of carbonyl (C=O) groups is 1. The summed E-state index contributed by atoms with van der Waals surface area (Å²) in [5, 5.41) is 0. The number of rotatable bonds is 11. The summed E-state index contributed by atoms with van der Waals surface area (Å²) in [4.78, 5) is 15.8. The molecule has 4 heteroatoms. The lowest BCUT2D eigenvalue weighted by molar-refractivity contribution is 0.0977. The minimum absolute atomic E-state index is 0. The lowest BCUT2D eigenvalue weighted by Crippen LogP contribution is -2.28. The van der Waals surface area contributed by atoms with E-state index in [1.165, 1.54) is 0 Å². The molecule has 33 heavy (non-hydrogen) atoms. The van der Waals surface area contributed by atoms with Crippen molar-refractivity contribution >= 4 is 18.2 Å². The molecule has 0 radical (unpaired) electrons. The zero-order valence-corrected chi connectivity index (χ0v) is 21.0. The van der Waals surface area contributed by atoms with E-state index in [1.54, 1.807) is 0 Å². The van der Waals surface area contributed by atoms with Crippen molar-refractivity contribution in [3.05, 3.63) is 101 Å². The molecule has 0 atom stereocenters. The monoisotopic (exact) mass is 465 g/mol. The number of Topliss-reactive ketones (excluding diaryl/α,β-unsaturated/α-hetero) is 1. The van der Waals surface area contributed by atoms with E-state index in [9.17, 15) is 4.79 Å². The van der Waals surface area contributed by atoms with Crippen LogP contribution in [0.25, 0.3) is 0 Å². The standard InChI is InChI=1S/C29H35NO2.ClH/c1-5-30(6-2)17-18-32-29-20-22(3)26(19-23(29)4)28(31)21-27(24-13-9-7-10-14-24)25-15-11-8-12-16-25;/h7-16,19-20,27H,5-6,17-18,21H2,1-4H3;1H. The van der Waals surface area contributed by atoms with E-state index in [4.69, 9.17) is 4.74 Å². The van der Waals surface area contributed by atoms with Gasteiger partial charge >= 0.3 is 0 Å². The van der Waals surface area contributed by atoms with Crippen LogP contribution in [0.3, 0.4) is 0 Å².